The Labute approximate surface area is 293 Å². The Morgan fingerprint density at radius 3 is 1.59 bits per heavy atom. The van der Waals surface area contributed by atoms with Gasteiger partial charge in [0.05, 0.1) is 22.1 Å². The molecule has 238 valence electrons. The Balaban J connectivity index is 1.14. The van der Waals surface area contributed by atoms with Crippen LogP contribution in [0.15, 0.2) is 186 Å². The number of fused-ring (bicyclic) bond motifs is 9. The highest BCUT2D eigenvalue weighted by Crippen LogP contribution is 2.41. The van der Waals surface area contributed by atoms with E-state index in [1.165, 1.54) is 54.7 Å². The molecule has 3 aromatic heterocycles. The summed E-state index contributed by atoms with van der Waals surface area (Å²) in [5, 5.41) is 7.21. The van der Waals surface area contributed by atoms with E-state index in [1.807, 2.05) is 12.1 Å². The van der Waals surface area contributed by atoms with Crippen molar-refractivity contribution in [1.82, 2.24) is 9.13 Å². The van der Waals surface area contributed by atoms with Crippen molar-refractivity contribution in [2.24, 2.45) is 0 Å². The normalized spacial score (nSPS) is 11.9. The molecule has 3 heteroatoms. The number of aromatic nitrogens is 2. The fraction of sp³-hybridized carbons (Fsp3) is 0. The van der Waals surface area contributed by atoms with Crippen molar-refractivity contribution in [3.05, 3.63) is 182 Å². The van der Waals surface area contributed by atoms with Gasteiger partial charge in [-0.3, -0.25) is 0 Å². The molecule has 0 amide bonds. The van der Waals surface area contributed by atoms with Gasteiger partial charge in [-0.2, -0.15) is 0 Å². The molecule has 0 aliphatic carbocycles. The first-order valence-electron chi connectivity index (χ1n) is 17.4. The first-order chi connectivity index (χ1) is 25.3. The Morgan fingerprint density at radius 2 is 0.863 bits per heavy atom. The monoisotopic (exact) mass is 650 g/mol. The summed E-state index contributed by atoms with van der Waals surface area (Å²) in [5.41, 5.74) is 13.5. The van der Waals surface area contributed by atoms with Crippen LogP contribution >= 0.6 is 0 Å². The van der Waals surface area contributed by atoms with Crippen LogP contribution in [-0.4, -0.2) is 9.13 Å². The van der Waals surface area contributed by atoms with E-state index in [1.54, 1.807) is 0 Å². The van der Waals surface area contributed by atoms with Crippen LogP contribution in [0.25, 0.3) is 99.2 Å². The van der Waals surface area contributed by atoms with E-state index in [0.717, 1.165) is 44.4 Å². The smallest absolute Gasteiger partial charge is 0.143 e. The molecule has 0 atom stereocenters. The lowest BCUT2D eigenvalue weighted by Crippen LogP contribution is -1.95. The highest BCUT2D eigenvalue weighted by molar-refractivity contribution is 6.19. The van der Waals surface area contributed by atoms with Crippen LogP contribution in [0.4, 0.5) is 0 Å². The molecule has 0 fully saturated rings. The van der Waals surface area contributed by atoms with E-state index in [0.29, 0.717) is 0 Å². The third-order valence-electron chi connectivity index (χ3n) is 10.5. The molecule has 3 heterocycles. The van der Waals surface area contributed by atoms with Crippen molar-refractivity contribution in [3.8, 4) is 33.6 Å². The van der Waals surface area contributed by atoms with Gasteiger partial charge in [0, 0.05) is 49.3 Å². The average Bonchev–Trinajstić information content (AvgIpc) is 3.85. The predicted molar refractivity (Wildman–Crippen MR) is 213 cm³/mol. The number of hydrogen-bond acceptors (Lipinski definition) is 1. The van der Waals surface area contributed by atoms with Crippen LogP contribution in [0.5, 0.6) is 0 Å². The lowest BCUT2D eigenvalue weighted by Gasteiger charge is -2.11. The molecule has 11 rings (SSSR count). The highest BCUT2D eigenvalue weighted by Gasteiger charge is 2.19. The molecule has 11 aromatic rings. The molecule has 3 nitrogen and oxygen atoms in total. The SMILES string of the molecule is c1ccc(-c2ccc(-n3c4ccccc4c4cc5c(cc43)c3ccccc3n5-c3cccc(-c4cccc5c4oc4ccccc45)c3)cc2)cc1. The van der Waals surface area contributed by atoms with E-state index in [9.17, 15) is 0 Å². The first-order valence-corrected chi connectivity index (χ1v) is 17.4. The van der Waals surface area contributed by atoms with Gasteiger partial charge in [-0.05, 0) is 71.3 Å². The van der Waals surface area contributed by atoms with Crippen LogP contribution in [-0.2, 0) is 0 Å². The standard InChI is InChI=1S/C48H30N2O/c1-2-12-31(13-3-1)32-24-26-34(27-25-32)49-43-21-7-4-16-37(43)41-30-46-42(29-45(41)49)38-17-5-8-22-44(38)50(46)35-15-10-14-33(28-35)36-19-11-20-40-39-18-6-9-23-47(39)51-48(36)40/h1-30H. The molecule has 0 saturated heterocycles. The van der Waals surface area contributed by atoms with E-state index in [2.05, 4.69) is 179 Å². The minimum Gasteiger partial charge on any atom is -0.455 e. The van der Waals surface area contributed by atoms with Crippen LogP contribution in [0, 0.1) is 0 Å². The Bertz CT molecular complexity index is 3120. The van der Waals surface area contributed by atoms with Gasteiger partial charge in [0.25, 0.3) is 0 Å². The Hall–Kier alpha value is -6.84. The van der Waals surface area contributed by atoms with Gasteiger partial charge in [-0.15, -0.1) is 0 Å². The Kier molecular flexibility index (Phi) is 5.96. The lowest BCUT2D eigenvalue weighted by atomic mass is 10.0. The lowest BCUT2D eigenvalue weighted by molar-refractivity contribution is 0.670. The minimum atomic E-state index is 0.911. The second kappa shape index (κ2) is 10.8. The quantitative estimate of drug-likeness (QED) is 0.186. The molecule has 0 aliphatic rings. The molecule has 0 aliphatic heterocycles. The number of rotatable bonds is 4. The van der Waals surface area contributed by atoms with Crippen LogP contribution in [0.1, 0.15) is 0 Å². The van der Waals surface area contributed by atoms with Crippen LogP contribution in [0.2, 0.25) is 0 Å². The van der Waals surface area contributed by atoms with Crippen LogP contribution in [0.3, 0.4) is 0 Å². The van der Waals surface area contributed by atoms with Crippen molar-refractivity contribution in [1.29, 1.82) is 0 Å². The molecule has 51 heavy (non-hydrogen) atoms. The molecular weight excluding hydrogens is 621 g/mol. The number of hydrogen-bond donors (Lipinski definition) is 0. The zero-order chi connectivity index (χ0) is 33.5. The van der Waals surface area contributed by atoms with Gasteiger partial charge in [0.2, 0.25) is 0 Å². The van der Waals surface area contributed by atoms with Crippen LogP contribution < -0.4 is 0 Å². The molecule has 0 radical (unpaired) electrons. The zero-order valence-electron chi connectivity index (χ0n) is 27.6. The topological polar surface area (TPSA) is 23.0 Å². The summed E-state index contributed by atoms with van der Waals surface area (Å²) in [5.74, 6) is 0. The van der Waals surface area contributed by atoms with Gasteiger partial charge in [-0.25, -0.2) is 0 Å². The van der Waals surface area contributed by atoms with E-state index in [-0.39, 0.29) is 0 Å². The van der Waals surface area contributed by atoms with Crippen molar-refractivity contribution in [2.75, 3.05) is 0 Å². The molecule has 0 bridgehead atoms. The third-order valence-corrected chi connectivity index (χ3v) is 10.5. The highest BCUT2D eigenvalue weighted by atomic mass is 16.3. The number of benzene rings is 8. The molecule has 8 aromatic carbocycles. The van der Waals surface area contributed by atoms with Crippen molar-refractivity contribution in [3.63, 3.8) is 0 Å². The van der Waals surface area contributed by atoms with Gasteiger partial charge in [0.15, 0.2) is 0 Å². The number of nitrogens with zero attached hydrogens (tertiary/aromatic N) is 2. The maximum atomic E-state index is 6.46. The minimum absolute atomic E-state index is 0.911. The van der Waals surface area contributed by atoms with Gasteiger partial charge in [0.1, 0.15) is 11.2 Å². The predicted octanol–water partition coefficient (Wildman–Crippen LogP) is 13.1. The molecule has 0 N–H and O–H groups in total. The zero-order valence-corrected chi connectivity index (χ0v) is 27.6. The second-order valence-corrected chi connectivity index (χ2v) is 13.3. The molecular formula is C48H30N2O. The van der Waals surface area contributed by atoms with Crippen molar-refractivity contribution < 1.29 is 4.42 Å². The third kappa shape index (κ3) is 4.19. The summed E-state index contributed by atoms with van der Waals surface area (Å²) in [7, 11) is 0. The average molecular weight is 651 g/mol. The van der Waals surface area contributed by atoms with Crippen molar-refractivity contribution >= 4 is 65.6 Å². The maximum absolute atomic E-state index is 6.46. The van der Waals surface area contributed by atoms with Crippen molar-refractivity contribution in [2.45, 2.75) is 0 Å². The first kappa shape index (κ1) is 28.0. The van der Waals surface area contributed by atoms with Gasteiger partial charge in [-0.1, -0.05) is 127 Å². The van der Waals surface area contributed by atoms with E-state index in [4.69, 9.17) is 4.42 Å². The van der Waals surface area contributed by atoms with Gasteiger partial charge < -0.3 is 13.6 Å². The number of furan rings is 1. The maximum Gasteiger partial charge on any atom is 0.143 e. The van der Waals surface area contributed by atoms with E-state index >= 15 is 0 Å². The summed E-state index contributed by atoms with van der Waals surface area (Å²) in [6.07, 6.45) is 0. The summed E-state index contributed by atoms with van der Waals surface area (Å²) in [6.45, 7) is 0. The molecule has 0 spiro atoms. The Morgan fingerprint density at radius 1 is 0.314 bits per heavy atom. The van der Waals surface area contributed by atoms with E-state index < -0.39 is 0 Å². The fourth-order valence-electron chi connectivity index (χ4n) is 8.21. The largest absolute Gasteiger partial charge is 0.455 e. The second-order valence-electron chi connectivity index (χ2n) is 13.3. The summed E-state index contributed by atoms with van der Waals surface area (Å²) >= 11 is 0. The molecule has 0 unspecified atom stereocenters. The van der Waals surface area contributed by atoms with Gasteiger partial charge >= 0.3 is 0 Å². The summed E-state index contributed by atoms with van der Waals surface area (Å²) in [6, 6.07) is 65.5. The summed E-state index contributed by atoms with van der Waals surface area (Å²) < 4.78 is 11.3. The summed E-state index contributed by atoms with van der Waals surface area (Å²) in [4.78, 5) is 0. The molecule has 0 saturated carbocycles. The fourth-order valence-corrected chi connectivity index (χ4v) is 8.21. The number of para-hydroxylation sites is 4.